The number of methoxy groups -OCH3 is 1. The van der Waals surface area contributed by atoms with E-state index in [1.165, 1.54) is 29.3 Å². The van der Waals surface area contributed by atoms with Crippen molar-refractivity contribution in [2.24, 2.45) is 0 Å². The number of carbonyl (C=O) groups excluding carboxylic acids is 1. The molecule has 0 atom stereocenters. The van der Waals surface area contributed by atoms with Gasteiger partial charge in [0.15, 0.2) is 0 Å². The van der Waals surface area contributed by atoms with Crippen LogP contribution in [0.15, 0.2) is 66.2 Å². The maximum absolute atomic E-state index is 12.6. The van der Waals surface area contributed by atoms with Crippen molar-refractivity contribution in [3.8, 4) is 23.3 Å². The normalized spacial score (nSPS) is 10.9. The summed E-state index contributed by atoms with van der Waals surface area (Å²) < 4.78 is 11.3. The number of phenols is 1. The van der Waals surface area contributed by atoms with Crippen molar-refractivity contribution in [2.75, 3.05) is 12.4 Å². The van der Waals surface area contributed by atoms with Crippen LogP contribution in [0.3, 0.4) is 0 Å². The van der Waals surface area contributed by atoms with Gasteiger partial charge in [0, 0.05) is 17.3 Å². The summed E-state index contributed by atoms with van der Waals surface area (Å²) in [6, 6.07) is 19.2. The number of rotatable bonds is 7. The zero-order chi connectivity index (χ0) is 23.1. The van der Waals surface area contributed by atoms with Crippen LogP contribution in [0.25, 0.3) is 6.08 Å². The van der Waals surface area contributed by atoms with E-state index in [1.54, 1.807) is 37.4 Å². The van der Waals surface area contributed by atoms with Gasteiger partial charge in [-0.25, -0.2) is 0 Å². The number of aryl methyl sites for hydroxylation is 2. The maximum Gasteiger partial charge on any atom is 0.266 e. The van der Waals surface area contributed by atoms with Crippen molar-refractivity contribution in [3.05, 3.63) is 88.5 Å². The summed E-state index contributed by atoms with van der Waals surface area (Å²) >= 11 is 0. The second-order valence-electron chi connectivity index (χ2n) is 7.28. The van der Waals surface area contributed by atoms with Crippen LogP contribution in [-0.4, -0.2) is 18.1 Å². The van der Waals surface area contributed by atoms with Crippen LogP contribution in [0.2, 0.25) is 0 Å². The molecule has 6 heteroatoms. The van der Waals surface area contributed by atoms with Gasteiger partial charge in [-0.1, -0.05) is 18.2 Å². The zero-order valence-corrected chi connectivity index (χ0v) is 18.2. The van der Waals surface area contributed by atoms with Crippen molar-refractivity contribution in [1.29, 1.82) is 5.26 Å². The molecule has 0 saturated heterocycles. The Labute approximate surface area is 187 Å². The number of aromatic hydroxyl groups is 1. The summed E-state index contributed by atoms with van der Waals surface area (Å²) in [5.41, 5.74) is 4.35. The number of carbonyl (C=O) groups is 1. The lowest BCUT2D eigenvalue weighted by Gasteiger charge is -2.13. The van der Waals surface area contributed by atoms with Gasteiger partial charge in [-0.3, -0.25) is 4.79 Å². The van der Waals surface area contributed by atoms with Crippen LogP contribution in [0, 0.1) is 25.2 Å². The van der Waals surface area contributed by atoms with E-state index in [2.05, 4.69) is 18.3 Å². The summed E-state index contributed by atoms with van der Waals surface area (Å²) in [5, 5.41) is 21.6. The third kappa shape index (κ3) is 5.67. The molecule has 0 aromatic heterocycles. The highest BCUT2D eigenvalue weighted by Gasteiger charge is 2.13. The van der Waals surface area contributed by atoms with Gasteiger partial charge >= 0.3 is 0 Å². The standard InChI is InChI=1S/C26H24N2O4/c1-17-4-5-19(12-18(17)2)16-32-25-14-24(31-3)11-6-20(25)13-21(15-27)26(30)28-22-7-9-23(29)10-8-22/h4-14,29H,16H2,1-3H3,(H,28,30)/b21-13+. The first-order valence-corrected chi connectivity index (χ1v) is 9.98. The molecule has 0 unspecified atom stereocenters. The summed E-state index contributed by atoms with van der Waals surface area (Å²) in [6.07, 6.45) is 1.48. The summed E-state index contributed by atoms with van der Waals surface area (Å²) in [6.45, 7) is 4.43. The van der Waals surface area contributed by atoms with E-state index in [9.17, 15) is 15.2 Å². The first-order valence-electron chi connectivity index (χ1n) is 9.98. The smallest absolute Gasteiger partial charge is 0.266 e. The molecule has 0 aliphatic carbocycles. The second-order valence-corrected chi connectivity index (χ2v) is 7.28. The highest BCUT2D eigenvalue weighted by Crippen LogP contribution is 2.28. The molecule has 0 heterocycles. The molecule has 3 aromatic carbocycles. The Balaban J connectivity index is 1.85. The molecule has 0 aliphatic rings. The number of hydrogen-bond acceptors (Lipinski definition) is 5. The summed E-state index contributed by atoms with van der Waals surface area (Å²) in [7, 11) is 1.56. The van der Waals surface area contributed by atoms with E-state index < -0.39 is 5.91 Å². The summed E-state index contributed by atoms with van der Waals surface area (Å²) in [5.74, 6) is 0.619. The molecule has 3 aromatic rings. The Morgan fingerprint density at radius 1 is 1.06 bits per heavy atom. The number of amides is 1. The number of nitrogens with one attached hydrogen (secondary N) is 1. The van der Waals surface area contributed by atoms with Gasteiger partial charge in [0.05, 0.1) is 7.11 Å². The minimum absolute atomic E-state index is 0.0840. The lowest BCUT2D eigenvalue weighted by Crippen LogP contribution is -2.13. The highest BCUT2D eigenvalue weighted by atomic mass is 16.5. The number of phenolic OH excluding ortho intramolecular Hbond substituents is 1. The lowest BCUT2D eigenvalue weighted by molar-refractivity contribution is -0.112. The maximum atomic E-state index is 12.6. The predicted molar refractivity (Wildman–Crippen MR) is 124 cm³/mol. The molecule has 3 rings (SSSR count). The van der Waals surface area contributed by atoms with Gasteiger partial charge in [-0.15, -0.1) is 0 Å². The van der Waals surface area contributed by atoms with Gasteiger partial charge < -0.3 is 19.9 Å². The van der Waals surface area contributed by atoms with E-state index in [-0.39, 0.29) is 11.3 Å². The quantitative estimate of drug-likeness (QED) is 0.309. The average molecular weight is 428 g/mol. The number of nitrogens with zero attached hydrogens (tertiary/aromatic N) is 1. The molecule has 0 spiro atoms. The third-order valence-corrected chi connectivity index (χ3v) is 4.98. The van der Waals surface area contributed by atoms with Gasteiger partial charge in [0.25, 0.3) is 5.91 Å². The molecule has 32 heavy (non-hydrogen) atoms. The zero-order valence-electron chi connectivity index (χ0n) is 18.2. The Morgan fingerprint density at radius 2 is 1.81 bits per heavy atom. The summed E-state index contributed by atoms with van der Waals surface area (Å²) in [4.78, 5) is 12.6. The Bertz CT molecular complexity index is 1190. The van der Waals surface area contributed by atoms with E-state index in [1.807, 2.05) is 25.1 Å². The fourth-order valence-corrected chi connectivity index (χ4v) is 2.99. The van der Waals surface area contributed by atoms with Crippen molar-refractivity contribution < 1.29 is 19.4 Å². The first kappa shape index (κ1) is 22.4. The minimum Gasteiger partial charge on any atom is -0.508 e. The van der Waals surface area contributed by atoms with Crippen molar-refractivity contribution in [2.45, 2.75) is 20.5 Å². The topological polar surface area (TPSA) is 91.6 Å². The molecule has 2 N–H and O–H groups in total. The monoisotopic (exact) mass is 428 g/mol. The average Bonchev–Trinajstić information content (AvgIpc) is 2.80. The van der Waals surface area contributed by atoms with Gasteiger partial charge in [0.2, 0.25) is 0 Å². The number of benzene rings is 3. The van der Waals surface area contributed by atoms with Gasteiger partial charge in [-0.2, -0.15) is 5.26 Å². The molecule has 0 saturated carbocycles. The van der Waals surface area contributed by atoms with Gasteiger partial charge in [-0.05, 0) is 73.0 Å². The van der Waals surface area contributed by atoms with Crippen LogP contribution in [-0.2, 0) is 11.4 Å². The van der Waals surface area contributed by atoms with E-state index in [0.29, 0.717) is 29.4 Å². The Morgan fingerprint density at radius 3 is 2.47 bits per heavy atom. The fourth-order valence-electron chi connectivity index (χ4n) is 2.99. The van der Waals surface area contributed by atoms with E-state index >= 15 is 0 Å². The molecule has 0 fully saturated rings. The van der Waals surface area contributed by atoms with Crippen molar-refractivity contribution >= 4 is 17.7 Å². The van der Waals surface area contributed by atoms with E-state index in [4.69, 9.17) is 9.47 Å². The third-order valence-electron chi connectivity index (χ3n) is 4.98. The van der Waals surface area contributed by atoms with Crippen LogP contribution >= 0.6 is 0 Å². The second kappa shape index (κ2) is 10.2. The minimum atomic E-state index is -0.561. The Kier molecular flexibility index (Phi) is 7.14. The van der Waals surface area contributed by atoms with Crippen LogP contribution in [0.5, 0.6) is 17.2 Å². The largest absolute Gasteiger partial charge is 0.508 e. The van der Waals surface area contributed by atoms with Crippen LogP contribution in [0.4, 0.5) is 5.69 Å². The molecule has 0 bridgehead atoms. The number of nitriles is 1. The number of hydrogen-bond donors (Lipinski definition) is 2. The van der Waals surface area contributed by atoms with Gasteiger partial charge in [0.1, 0.15) is 35.5 Å². The molecule has 162 valence electrons. The molecule has 0 aliphatic heterocycles. The van der Waals surface area contributed by atoms with Crippen LogP contribution < -0.4 is 14.8 Å². The van der Waals surface area contributed by atoms with Crippen molar-refractivity contribution in [3.63, 3.8) is 0 Å². The molecule has 1 amide bonds. The van der Waals surface area contributed by atoms with E-state index in [0.717, 1.165) is 5.56 Å². The Hall–Kier alpha value is -4.24. The van der Waals surface area contributed by atoms with Crippen molar-refractivity contribution in [1.82, 2.24) is 0 Å². The molecular formula is C26H24N2O4. The number of anilines is 1. The first-order chi connectivity index (χ1) is 15.4. The predicted octanol–water partition coefficient (Wildman–Crippen LogP) is 5.14. The molecular weight excluding hydrogens is 404 g/mol. The molecule has 6 nitrogen and oxygen atoms in total. The molecule has 0 radical (unpaired) electrons. The lowest BCUT2D eigenvalue weighted by atomic mass is 10.1. The van der Waals surface area contributed by atoms with Crippen LogP contribution in [0.1, 0.15) is 22.3 Å². The highest BCUT2D eigenvalue weighted by molar-refractivity contribution is 6.09. The SMILES string of the molecule is COc1ccc(/C=C(\C#N)C(=O)Nc2ccc(O)cc2)c(OCc2ccc(C)c(C)c2)c1. The number of ether oxygens (including phenoxy) is 2. The fraction of sp³-hybridized carbons (Fsp3) is 0.154.